The quantitative estimate of drug-likeness (QED) is 0.792. The van der Waals surface area contributed by atoms with E-state index in [4.69, 9.17) is 5.73 Å². The third-order valence-electron chi connectivity index (χ3n) is 2.64. The Morgan fingerprint density at radius 1 is 1.35 bits per heavy atom. The minimum absolute atomic E-state index is 0.0427. The van der Waals surface area contributed by atoms with Crippen LogP contribution in [0.25, 0.3) is 0 Å². The maximum Gasteiger partial charge on any atom is 0.416 e. The average molecular weight is 284 g/mol. The van der Waals surface area contributed by atoms with Crippen molar-refractivity contribution in [2.45, 2.75) is 13.1 Å². The summed E-state index contributed by atoms with van der Waals surface area (Å²) in [6, 6.07) is 4.85. The predicted octanol–water partition coefficient (Wildman–Crippen LogP) is 2.57. The molecule has 0 saturated carbocycles. The van der Waals surface area contributed by atoms with E-state index in [-0.39, 0.29) is 22.8 Å². The van der Waals surface area contributed by atoms with Crippen LogP contribution in [0.15, 0.2) is 24.3 Å². The third-order valence-corrected chi connectivity index (χ3v) is 2.64. The van der Waals surface area contributed by atoms with Crippen molar-refractivity contribution in [1.82, 2.24) is 10.2 Å². The topological polar surface area (TPSA) is 83.8 Å². The molecule has 1 amide bonds. The molecule has 1 aromatic heterocycles. The highest BCUT2D eigenvalue weighted by Gasteiger charge is 2.32. The monoisotopic (exact) mass is 284 g/mol. The molecular formula is C12H11F3N4O. The molecule has 0 unspecified atom stereocenters. The number of carbonyl (C=O) groups is 1. The van der Waals surface area contributed by atoms with Crippen LogP contribution < -0.4 is 11.1 Å². The van der Waals surface area contributed by atoms with Crippen molar-refractivity contribution < 1.29 is 18.0 Å². The summed E-state index contributed by atoms with van der Waals surface area (Å²) in [5, 5.41) is 8.28. The van der Waals surface area contributed by atoms with Gasteiger partial charge in [-0.05, 0) is 24.6 Å². The first-order valence-corrected chi connectivity index (χ1v) is 5.57. The van der Waals surface area contributed by atoms with Crippen LogP contribution in [0, 0.1) is 6.92 Å². The SMILES string of the molecule is Cc1ccc(NC(=O)c2cc(N)n[nH]2)cc1C(F)(F)F. The Morgan fingerprint density at radius 2 is 2.05 bits per heavy atom. The fraction of sp³-hybridized carbons (Fsp3) is 0.167. The van der Waals surface area contributed by atoms with Crippen molar-refractivity contribution in [3.05, 3.63) is 41.1 Å². The average Bonchev–Trinajstić information content (AvgIpc) is 2.77. The second-order valence-electron chi connectivity index (χ2n) is 4.19. The van der Waals surface area contributed by atoms with Gasteiger partial charge in [0.2, 0.25) is 0 Å². The van der Waals surface area contributed by atoms with Crippen LogP contribution in [0.2, 0.25) is 0 Å². The van der Waals surface area contributed by atoms with E-state index in [1.165, 1.54) is 25.1 Å². The van der Waals surface area contributed by atoms with Gasteiger partial charge in [-0.2, -0.15) is 18.3 Å². The van der Waals surface area contributed by atoms with E-state index >= 15 is 0 Å². The first-order valence-electron chi connectivity index (χ1n) is 5.57. The summed E-state index contributed by atoms with van der Waals surface area (Å²) >= 11 is 0. The number of aromatic amines is 1. The van der Waals surface area contributed by atoms with E-state index < -0.39 is 17.6 Å². The van der Waals surface area contributed by atoms with Crippen LogP contribution in [-0.4, -0.2) is 16.1 Å². The van der Waals surface area contributed by atoms with Crippen molar-refractivity contribution in [2.75, 3.05) is 11.1 Å². The summed E-state index contributed by atoms with van der Waals surface area (Å²) < 4.78 is 38.2. The molecule has 5 nitrogen and oxygen atoms in total. The summed E-state index contributed by atoms with van der Waals surface area (Å²) in [6.45, 7) is 1.35. The molecule has 0 aliphatic rings. The zero-order valence-electron chi connectivity index (χ0n) is 10.4. The lowest BCUT2D eigenvalue weighted by Gasteiger charge is -2.12. The number of aromatic nitrogens is 2. The van der Waals surface area contributed by atoms with E-state index in [0.29, 0.717) is 0 Å². The number of hydrogen-bond acceptors (Lipinski definition) is 3. The predicted molar refractivity (Wildman–Crippen MR) is 67.1 cm³/mol. The van der Waals surface area contributed by atoms with Crippen LogP contribution in [0.3, 0.4) is 0 Å². The number of carbonyl (C=O) groups excluding carboxylic acids is 1. The number of hydrogen-bond donors (Lipinski definition) is 3. The van der Waals surface area contributed by atoms with Gasteiger partial charge in [0.1, 0.15) is 11.5 Å². The van der Waals surface area contributed by atoms with Gasteiger partial charge in [-0.1, -0.05) is 6.07 Å². The Balaban J connectivity index is 2.24. The van der Waals surface area contributed by atoms with E-state index in [1.807, 2.05) is 0 Å². The molecule has 2 rings (SSSR count). The molecule has 106 valence electrons. The Kier molecular flexibility index (Phi) is 3.39. The zero-order chi connectivity index (χ0) is 14.9. The normalized spacial score (nSPS) is 11.4. The van der Waals surface area contributed by atoms with Crippen molar-refractivity contribution in [3.63, 3.8) is 0 Å². The largest absolute Gasteiger partial charge is 0.416 e. The molecule has 0 aliphatic carbocycles. The lowest BCUT2D eigenvalue weighted by molar-refractivity contribution is -0.138. The van der Waals surface area contributed by atoms with Gasteiger partial charge in [0.05, 0.1) is 5.56 Å². The highest BCUT2D eigenvalue weighted by atomic mass is 19.4. The fourth-order valence-corrected chi connectivity index (χ4v) is 1.66. The van der Waals surface area contributed by atoms with Crippen LogP contribution in [-0.2, 0) is 6.18 Å². The number of nitrogens with zero attached hydrogens (tertiary/aromatic N) is 1. The van der Waals surface area contributed by atoms with Crippen molar-refractivity contribution in [2.24, 2.45) is 0 Å². The molecule has 0 fully saturated rings. The minimum atomic E-state index is -4.47. The molecule has 0 bridgehead atoms. The molecule has 4 N–H and O–H groups in total. The van der Waals surface area contributed by atoms with Gasteiger partial charge >= 0.3 is 6.18 Å². The van der Waals surface area contributed by atoms with Crippen LogP contribution in [0.4, 0.5) is 24.7 Å². The molecule has 1 heterocycles. The van der Waals surface area contributed by atoms with Gasteiger partial charge in [-0.3, -0.25) is 9.89 Å². The number of halogens is 3. The Hall–Kier alpha value is -2.51. The maximum atomic E-state index is 12.7. The summed E-state index contributed by atoms with van der Waals surface area (Å²) in [4.78, 5) is 11.8. The smallest absolute Gasteiger partial charge is 0.382 e. The molecule has 0 aliphatic heterocycles. The highest BCUT2D eigenvalue weighted by molar-refractivity contribution is 6.03. The summed E-state index contributed by atoms with van der Waals surface area (Å²) in [5.74, 6) is -0.499. The van der Waals surface area contributed by atoms with E-state index in [1.54, 1.807) is 0 Å². The summed E-state index contributed by atoms with van der Waals surface area (Å²) in [7, 11) is 0. The number of nitrogen functional groups attached to an aromatic ring is 1. The molecular weight excluding hydrogens is 273 g/mol. The molecule has 8 heteroatoms. The number of nitrogens with one attached hydrogen (secondary N) is 2. The summed E-state index contributed by atoms with van der Waals surface area (Å²) in [5.41, 5.74) is 4.74. The lowest BCUT2D eigenvalue weighted by atomic mass is 10.1. The van der Waals surface area contributed by atoms with E-state index in [9.17, 15) is 18.0 Å². The maximum absolute atomic E-state index is 12.7. The Morgan fingerprint density at radius 3 is 2.60 bits per heavy atom. The molecule has 0 radical (unpaired) electrons. The van der Waals surface area contributed by atoms with Gasteiger partial charge in [0.25, 0.3) is 5.91 Å². The van der Waals surface area contributed by atoms with Gasteiger partial charge < -0.3 is 11.1 Å². The van der Waals surface area contributed by atoms with Gasteiger partial charge in [-0.15, -0.1) is 0 Å². The van der Waals surface area contributed by atoms with Crippen molar-refractivity contribution in [1.29, 1.82) is 0 Å². The molecule has 2 aromatic rings. The number of aryl methyl sites for hydroxylation is 1. The van der Waals surface area contributed by atoms with Gasteiger partial charge in [-0.25, -0.2) is 0 Å². The number of anilines is 2. The number of benzene rings is 1. The first kappa shape index (κ1) is 13.9. The highest BCUT2D eigenvalue weighted by Crippen LogP contribution is 2.33. The molecule has 0 atom stereocenters. The Labute approximate surface area is 112 Å². The zero-order valence-corrected chi connectivity index (χ0v) is 10.4. The second-order valence-corrected chi connectivity index (χ2v) is 4.19. The molecule has 0 spiro atoms. The van der Waals surface area contributed by atoms with Gasteiger partial charge in [0.15, 0.2) is 0 Å². The fourth-order valence-electron chi connectivity index (χ4n) is 1.66. The van der Waals surface area contributed by atoms with Gasteiger partial charge in [0, 0.05) is 11.8 Å². The van der Waals surface area contributed by atoms with Crippen LogP contribution in [0.1, 0.15) is 21.6 Å². The number of H-pyrrole nitrogens is 1. The number of alkyl halides is 3. The minimum Gasteiger partial charge on any atom is -0.382 e. The second kappa shape index (κ2) is 4.87. The van der Waals surface area contributed by atoms with Crippen LogP contribution >= 0.6 is 0 Å². The van der Waals surface area contributed by atoms with E-state index in [0.717, 1.165) is 6.07 Å². The number of nitrogens with two attached hydrogens (primary N) is 1. The first-order chi connectivity index (χ1) is 9.27. The van der Waals surface area contributed by atoms with E-state index in [2.05, 4.69) is 15.5 Å². The lowest BCUT2D eigenvalue weighted by Crippen LogP contribution is -2.14. The standard InChI is InChI=1S/C12H11F3N4O/c1-6-2-3-7(4-8(6)12(13,14)15)17-11(20)9-5-10(16)19-18-9/h2-5H,1H3,(H,17,20)(H3,16,18,19). The molecule has 0 saturated heterocycles. The van der Waals surface area contributed by atoms with Crippen molar-refractivity contribution in [3.8, 4) is 0 Å². The Bertz CT molecular complexity index is 648. The number of amides is 1. The van der Waals surface area contributed by atoms with Crippen LogP contribution in [0.5, 0.6) is 0 Å². The number of rotatable bonds is 2. The molecule has 1 aromatic carbocycles. The third kappa shape index (κ3) is 2.90. The summed E-state index contributed by atoms with van der Waals surface area (Å²) in [6.07, 6.45) is -4.47. The molecule has 20 heavy (non-hydrogen) atoms. The van der Waals surface area contributed by atoms with Crippen molar-refractivity contribution >= 4 is 17.4 Å².